The molecule has 0 saturated carbocycles. The summed E-state index contributed by atoms with van der Waals surface area (Å²) in [5.41, 5.74) is 3.57. The van der Waals surface area contributed by atoms with E-state index in [1.54, 1.807) is 6.08 Å². The predicted molar refractivity (Wildman–Crippen MR) is 50.0 cm³/mol. The summed E-state index contributed by atoms with van der Waals surface area (Å²) in [6.07, 6.45) is 3.68. The van der Waals surface area contributed by atoms with E-state index >= 15 is 0 Å². The first-order chi connectivity index (χ1) is 4.74. The average molecular weight is 246 g/mol. The SMILES string of the molecule is C=C=Cc1cn(I)c(C)n1. The molecule has 0 aliphatic rings. The molecule has 0 aliphatic carbocycles. The van der Waals surface area contributed by atoms with Gasteiger partial charge in [-0.1, -0.05) is 6.58 Å². The minimum atomic E-state index is 0.905. The van der Waals surface area contributed by atoms with Crippen molar-refractivity contribution in [2.45, 2.75) is 6.92 Å². The summed E-state index contributed by atoms with van der Waals surface area (Å²) in [7, 11) is 0. The maximum absolute atomic E-state index is 4.20. The van der Waals surface area contributed by atoms with Crippen LogP contribution < -0.4 is 0 Å². The van der Waals surface area contributed by atoms with Crippen molar-refractivity contribution in [3.05, 3.63) is 30.0 Å². The van der Waals surface area contributed by atoms with E-state index in [-0.39, 0.29) is 0 Å². The molecular weight excluding hydrogens is 239 g/mol. The van der Waals surface area contributed by atoms with Gasteiger partial charge >= 0.3 is 0 Å². The van der Waals surface area contributed by atoms with Gasteiger partial charge in [-0.2, -0.15) is 0 Å². The van der Waals surface area contributed by atoms with E-state index in [9.17, 15) is 0 Å². The van der Waals surface area contributed by atoms with Gasteiger partial charge in [0.25, 0.3) is 0 Å². The summed E-state index contributed by atoms with van der Waals surface area (Å²) in [4.78, 5) is 4.20. The Morgan fingerprint density at radius 3 is 3.00 bits per heavy atom. The second-order valence-corrected chi connectivity index (χ2v) is 2.91. The smallest absolute Gasteiger partial charge is 0.115 e. The number of nitrogens with zero attached hydrogens (tertiary/aromatic N) is 2. The molecule has 0 spiro atoms. The highest BCUT2D eigenvalue weighted by atomic mass is 127. The van der Waals surface area contributed by atoms with Gasteiger partial charge in [-0.05, 0) is 6.92 Å². The van der Waals surface area contributed by atoms with Crippen molar-refractivity contribution in [2.75, 3.05) is 0 Å². The normalized spacial score (nSPS) is 9.00. The third-order valence-electron chi connectivity index (χ3n) is 1.10. The lowest BCUT2D eigenvalue weighted by Crippen LogP contribution is -1.78. The van der Waals surface area contributed by atoms with Crippen LogP contribution in [0.15, 0.2) is 18.5 Å². The van der Waals surface area contributed by atoms with Crippen LogP contribution in [-0.4, -0.2) is 7.76 Å². The monoisotopic (exact) mass is 246 g/mol. The fourth-order valence-electron chi connectivity index (χ4n) is 0.647. The van der Waals surface area contributed by atoms with Crippen molar-refractivity contribution in [2.24, 2.45) is 0 Å². The Balaban J connectivity index is 3.09. The highest BCUT2D eigenvalue weighted by Crippen LogP contribution is 2.06. The molecule has 0 N–H and O–H groups in total. The number of hydrogen-bond acceptors (Lipinski definition) is 1. The van der Waals surface area contributed by atoms with E-state index in [2.05, 4.69) is 40.2 Å². The van der Waals surface area contributed by atoms with Crippen LogP contribution in [0.3, 0.4) is 0 Å². The molecule has 0 unspecified atom stereocenters. The molecule has 0 saturated heterocycles. The quantitative estimate of drug-likeness (QED) is 0.548. The van der Waals surface area contributed by atoms with Gasteiger partial charge in [0.2, 0.25) is 0 Å². The molecule has 0 aliphatic heterocycles. The summed E-state index contributed by atoms with van der Waals surface area (Å²) in [5.74, 6) is 0.988. The van der Waals surface area contributed by atoms with E-state index in [1.807, 2.05) is 15.9 Å². The summed E-state index contributed by atoms with van der Waals surface area (Å²) in [6.45, 7) is 5.41. The zero-order valence-corrected chi connectivity index (χ0v) is 7.79. The van der Waals surface area contributed by atoms with Crippen LogP contribution in [0, 0.1) is 6.92 Å². The highest BCUT2D eigenvalue weighted by molar-refractivity contribution is 14.1. The molecule has 0 amide bonds. The van der Waals surface area contributed by atoms with Crippen LogP contribution in [0.1, 0.15) is 11.5 Å². The molecule has 0 fully saturated rings. The second-order valence-electron chi connectivity index (χ2n) is 1.87. The Kier molecular flexibility index (Phi) is 2.29. The molecule has 10 heavy (non-hydrogen) atoms. The van der Waals surface area contributed by atoms with Crippen molar-refractivity contribution in [3.63, 3.8) is 0 Å². The molecule has 0 bridgehead atoms. The second kappa shape index (κ2) is 3.03. The largest absolute Gasteiger partial charge is 0.276 e. The maximum atomic E-state index is 4.20. The van der Waals surface area contributed by atoms with Gasteiger partial charge in [-0.25, -0.2) is 4.98 Å². The number of halogens is 1. The Morgan fingerprint density at radius 2 is 2.60 bits per heavy atom. The lowest BCUT2D eigenvalue weighted by Gasteiger charge is -1.83. The summed E-state index contributed by atoms with van der Waals surface area (Å²) in [6, 6.07) is 0. The molecule has 1 heterocycles. The minimum absolute atomic E-state index is 0.905. The van der Waals surface area contributed by atoms with E-state index in [4.69, 9.17) is 0 Å². The molecule has 0 aromatic carbocycles. The zero-order valence-electron chi connectivity index (χ0n) is 5.63. The maximum Gasteiger partial charge on any atom is 0.115 e. The molecule has 1 aromatic rings. The first-order valence-corrected chi connectivity index (χ1v) is 3.78. The van der Waals surface area contributed by atoms with Crippen LogP contribution in [0.5, 0.6) is 0 Å². The molecule has 1 aromatic heterocycles. The van der Waals surface area contributed by atoms with Gasteiger partial charge in [0.15, 0.2) is 0 Å². The molecule has 3 heteroatoms. The molecular formula is C7H7IN2. The van der Waals surface area contributed by atoms with Crippen molar-refractivity contribution in [1.29, 1.82) is 0 Å². The Morgan fingerprint density at radius 1 is 1.90 bits per heavy atom. The van der Waals surface area contributed by atoms with E-state index in [0.29, 0.717) is 0 Å². The van der Waals surface area contributed by atoms with Crippen LogP contribution in [-0.2, 0) is 0 Å². The van der Waals surface area contributed by atoms with Crippen molar-refractivity contribution in [3.8, 4) is 0 Å². The zero-order chi connectivity index (χ0) is 7.56. The molecule has 2 nitrogen and oxygen atoms in total. The summed E-state index contributed by atoms with van der Waals surface area (Å²) >= 11 is 2.17. The highest BCUT2D eigenvalue weighted by Gasteiger charge is 1.95. The van der Waals surface area contributed by atoms with Gasteiger partial charge in [0, 0.05) is 12.3 Å². The van der Waals surface area contributed by atoms with Crippen LogP contribution >= 0.6 is 22.9 Å². The number of aromatic nitrogens is 2. The standard InChI is InChI=1S/C7H7IN2/c1-3-4-7-5-10(8)6(2)9-7/h4-5H,1H2,2H3. The van der Waals surface area contributed by atoms with Crippen molar-refractivity contribution >= 4 is 28.9 Å². The summed E-state index contributed by atoms with van der Waals surface area (Å²) < 4.78 is 1.93. The topological polar surface area (TPSA) is 17.8 Å². The van der Waals surface area contributed by atoms with E-state index < -0.39 is 0 Å². The van der Waals surface area contributed by atoms with Gasteiger partial charge in [0.1, 0.15) is 5.82 Å². The first-order valence-electron chi connectivity index (χ1n) is 2.82. The molecule has 0 radical (unpaired) electrons. The average Bonchev–Trinajstić information content (AvgIpc) is 2.14. The lowest BCUT2D eigenvalue weighted by atomic mass is 10.5. The first kappa shape index (κ1) is 7.57. The van der Waals surface area contributed by atoms with Crippen molar-refractivity contribution in [1.82, 2.24) is 7.76 Å². The van der Waals surface area contributed by atoms with Gasteiger partial charge in [-0.15, -0.1) is 5.73 Å². The van der Waals surface area contributed by atoms with E-state index in [1.165, 1.54) is 0 Å². The van der Waals surface area contributed by atoms with Crippen molar-refractivity contribution < 1.29 is 0 Å². The molecule has 52 valence electrons. The Labute approximate surface area is 73.8 Å². The molecule has 1 rings (SSSR count). The number of aryl methyl sites for hydroxylation is 1. The Hall–Kier alpha value is -0.540. The lowest BCUT2D eigenvalue weighted by molar-refractivity contribution is 1.12. The fraction of sp³-hybridized carbons (Fsp3) is 0.143. The van der Waals surface area contributed by atoms with Crippen LogP contribution in [0.25, 0.3) is 6.08 Å². The fourth-order valence-corrected chi connectivity index (χ4v) is 1.04. The van der Waals surface area contributed by atoms with Gasteiger partial charge in [0.05, 0.1) is 28.6 Å². The van der Waals surface area contributed by atoms with Crippen LogP contribution in [0.2, 0.25) is 0 Å². The Bertz CT molecular complexity index is 262. The van der Waals surface area contributed by atoms with Crippen LogP contribution in [0.4, 0.5) is 0 Å². The minimum Gasteiger partial charge on any atom is -0.276 e. The van der Waals surface area contributed by atoms with Gasteiger partial charge < -0.3 is 0 Å². The van der Waals surface area contributed by atoms with E-state index in [0.717, 1.165) is 11.5 Å². The number of rotatable bonds is 1. The summed E-state index contributed by atoms with van der Waals surface area (Å²) in [5, 5.41) is 0. The third-order valence-corrected chi connectivity index (χ3v) is 2.07. The molecule has 0 atom stereocenters. The number of hydrogen-bond donors (Lipinski definition) is 0. The number of imidazole rings is 1. The predicted octanol–water partition coefficient (Wildman–Crippen LogP) is 2.19. The third kappa shape index (κ3) is 1.49. The van der Waals surface area contributed by atoms with Gasteiger partial charge in [-0.3, -0.25) is 2.78 Å².